The van der Waals surface area contributed by atoms with Crippen LogP contribution in [0.4, 0.5) is 4.39 Å². The number of nitrogens with one attached hydrogen (secondary N) is 1. The zero-order chi connectivity index (χ0) is 20.7. The maximum absolute atomic E-state index is 13.5. The van der Waals surface area contributed by atoms with Crippen molar-refractivity contribution in [3.63, 3.8) is 0 Å². The van der Waals surface area contributed by atoms with Crippen LogP contribution in [-0.2, 0) is 0 Å². The number of halogens is 1. The molecule has 29 heavy (non-hydrogen) atoms. The van der Waals surface area contributed by atoms with Gasteiger partial charge in [-0.05, 0) is 48.4 Å². The molecular weight excluding hydrogens is 365 g/mol. The van der Waals surface area contributed by atoms with Crippen LogP contribution in [0.1, 0.15) is 54.6 Å². The highest BCUT2D eigenvalue weighted by Crippen LogP contribution is 2.35. The molecule has 0 radical (unpaired) electrons. The van der Waals surface area contributed by atoms with E-state index in [0.29, 0.717) is 25.1 Å². The number of nitrogens with zero attached hydrogens (tertiary/aromatic N) is 2. The van der Waals surface area contributed by atoms with Crippen molar-refractivity contribution in [1.29, 1.82) is 5.26 Å². The van der Waals surface area contributed by atoms with Crippen molar-refractivity contribution in [3.8, 4) is 6.07 Å². The van der Waals surface area contributed by atoms with Gasteiger partial charge < -0.3 is 10.2 Å². The van der Waals surface area contributed by atoms with Crippen molar-refractivity contribution in [3.05, 3.63) is 71.5 Å². The van der Waals surface area contributed by atoms with E-state index in [-0.39, 0.29) is 17.4 Å². The summed E-state index contributed by atoms with van der Waals surface area (Å²) in [6.07, 6.45) is 2.96. The molecule has 1 saturated heterocycles. The van der Waals surface area contributed by atoms with E-state index in [1.807, 2.05) is 18.2 Å². The lowest BCUT2D eigenvalue weighted by molar-refractivity contribution is 0.0575. The van der Waals surface area contributed by atoms with Gasteiger partial charge in [0.1, 0.15) is 5.82 Å². The molecule has 5 heteroatoms. The summed E-state index contributed by atoms with van der Waals surface area (Å²) < 4.78 is 13.5. The number of amides is 1. The van der Waals surface area contributed by atoms with Gasteiger partial charge in [-0.3, -0.25) is 4.79 Å². The van der Waals surface area contributed by atoms with E-state index in [1.54, 1.807) is 17.0 Å². The molecule has 4 nitrogen and oxygen atoms in total. The first-order valence-corrected chi connectivity index (χ1v) is 10.3. The lowest BCUT2D eigenvalue weighted by Crippen LogP contribution is -2.47. The Morgan fingerprint density at radius 1 is 1.21 bits per heavy atom. The number of hydrogen-bond acceptors (Lipinski definition) is 3. The average Bonchev–Trinajstić information content (AvgIpc) is 2.75. The molecule has 1 atom stereocenters. The van der Waals surface area contributed by atoms with Crippen molar-refractivity contribution >= 4 is 5.91 Å². The number of hydrogen-bond donors (Lipinski definition) is 1. The molecule has 1 N–H and O–H groups in total. The molecule has 0 aliphatic carbocycles. The number of nitriles is 1. The Kier molecular flexibility index (Phi) is 7.00. The second-order valence-corrected chi connectivity index (χ2v) is 7.89. The van der Waals surface area contributed by atoms with Gasteiger partial charge in [0.15, 0.2) is 0 Å². The monoisotopic (exact) mass is 393 g/mol. The quantitative estimate of drug-likeness (QED) is 0.742. The van der Waals surface area contributed by atoms with Crippen LogP contribution in [-0.4, -0.2) is 30.4 Å². The van der Waals surface area contributed by atoms with Crippen LogP contribution in [0, 0.1) is 22.6 Å². The zero-order valence-corrected chi connectivity index (χ0v) is 16.9. The van der Waals surface area contributed by atoms with Crippen molar-refractivity contribution in [2.24, 2.45) is 5.41 Å². The third-order valence-electron chi connectivity index (χ3n) is 5.97. The molecule has 0 saturated carbocycles. The van der Waals surface area contributed by atoms with Gasteiger partial charge in [-0.2, -0.15) is 5.26 Å². The second-order valence-electron chi connectivity index (χ2n) is 7.89. The largest absolute Gasteiger partial charge is 0.339 e. The van der Waals surface area contributed by atoms with Gasteiger partial charge >= 0.3 is 0 Å². The Bertz CT molecular complexity index is 854. The summed E-state index contributed by atoms with van der Waals surface area (Å²) in [5.41, 5.74) is 1.49. The van der Waals surface area contributed by atoms with Gasteiger partial charge in [0.2, 0.25) is 0 Å². The molecule has 3 rings (SSSR count). The molecule has 2 aromatic rings. The van der Waals surface area contributed by atoms with Gasteiger partial charge in [-0.25, -0.2) is 4.39 Å². The van der Waals surface area contributed by atoms with E-state index >= 15 is 0 Å². The summed E-state index contributed by atoms with van der Waals surface area (Å²) in [6.45, 7) is 4.07. The van der Waals surface area contributed by atoms with Gasteiger partial charge in [0.25, 0.3) is 5.91 Å². The second kappa shape index (κ2) is 9.67. The minimum absolute atomic E-state index is 0.140. The van der Waals surface area contributed by atoms with E-state index in [9.17, 15) is 14.4 Å². The fraction of sp³-hybridized carbons (Fsp3) is 0.417. The number of rotatable bonds is 7. The van der Waals surface area contributed by atoms with Crippen molar-refractivity contribution < 1.29 is 9.18 Å². The number of piperidine rings is 1. The molecule has 0 aromatic heterocycles. The molecule has 2 aromatic carbocycles. The first-order chi connectivity index (χ1) is 14.1. The predicted octanol–water partition coefficient (Wildman–Crippen LogP) is 4.70. The van der Waals surface area contributed by atoms with E-state index in [1.165, 1.54) is 17.7 Å². The first kappa shape index (κ1) is 21.0. The van der Waals surface area contributed by atoms with E-state index < -0.39 is 5.82 Å². The normalized spacial score (nSPS) is 16.8. The van der Waals surface area contributed by atoms with Gasteiger partial charge in [0, 0.05) is 37.7 Å². The third kappa shape index (κ3) is 5.21. The predicted molar refractivity (Wildman–Crippen MR) is 112 cm³/mol. The molecule has 1 aliphatic heterocycles. The molecule has 1 fully saturated rings. The standard InChI is InChI=1S/C24H28FN3O/c1-2-22(19-7-4-3-5-8-19)27-18-24(11-14-26)12-15-28(16-13-24)23(29)20-9-6-10-21(25)17-20/h3-10,17,22,27H,2,11-13,15-16,18H2,1H3. The summed E-state index contributed by atoms with van der Waals surface area (Å²) in [4.78, 5) is 14.5. The summed E-state index contributed by atoms with van der Waals surface area (Å²) in [6, 6.07) is 18.8. The molecule has 1 amide bonds. The Morgan fingerprint density at radius 2 is 1.93 bits per heavy atom. The SMILES string of the molecule is CCC(NCC1(CC#N)CCN(C(=O)c2cccc(F)c2)CC1)c1ccccc1. The topological polar surface area (TPSA) is 56.1 Å². The number of carbonyl (C=O) groups is 1. The van der Waals surface area contributed by atoms with Crippen molar-refractivity contribution in [2.45, 2.75) is 38.6 Å². The molecule has 0 bridgehead atoms. The van der Waals surface area contributed by atoms with Crippen LogP contribution in [0.15, 0.2) is 54.6 Å². The van der Waals surface area contributed by atoms with E-state index in [2.05, 4.69) is 30.4 Å². The third-order valence-corrected chi connectivity index (χ3v) is 5.97. The minimum atomic E-state index is -0.401. The van der Waals surface area contributed by atoms with Crippen LogP contribution in [0.3, 0.4) is 0 Å². The maximum atomic E-state index is 13.5. The lowest BCUT2D eigenvalue weighted by atomic mass is 9.75. The number of benzene rings is 2. The highest BCUT2D eigenvalue weighted by molar-refractivity contribution is 5.94. The first-order valence-electron chi connectivity index (χ1n) is 10.3. The van der Waals surface area contributed by atoms with Crippen LogP contribution in [0.25, 0.3) is 0 Å². The molecule has 0 spiro atoms. The highest BCUT2D eigenvalue weighted by Gasteiger charge is 2.36. The summed E-state index contributed by atoms with van der Waals surface area (Å²) in [5.74, 6) is -0.541. The smallest absolute Gasteiger partial charge is 0.253 e. The van der Waals surface area contributed by atoms with Crippen molar-refractivity contribution in [1.82, 2.24) is 10.2 Å². The molecule has 1 unspecified atom stereocenters. The molecule has 152 valence electrons. The Morgan fingerprint density at radius 3 is 2.55 bits per heavy atom. The van der Waals surface area contributed by atoms with Gasteiger partial charge in [-0.1, -0.05) is 43.3 Å². The average molecular weight is 394 g/mol. The maximum Gasteiger partial charge on any atom is 0.253 e. The van der Waals surface area contributed by atoms with Gasteiger partial charge in [-0.15, -0.1) is 0 Å². The van der Waals surface area contributed by atoms with E-state index in [0.717, 1.165) is 25.8 Å². The Balaban J connectivity index is 1.63. The van der Waals surface area contributed by atoms with E-state index in [4.69, 9.17) is 0 Å². The number of carbonyl (C=O) groups excluding carboxylic acids is 1. The van der Waals surface area contributed by atoms with Crippen LogP contribution in [0.5, 0.6) is 0 Å². The summed E-state index contributed by atoms with van der Waals surface area (Å²) in [7, 11) is 0. The molecule has 1 heterocycles. The lowest BCUT2D eigenvalue weighted by Gasteiger charge is -2.41. The number of likely N-dealkylation sites (tertiary alicyclic amines) is 1. The summed E-state index contributed by atoms with van der Waals surface area (Å²) in [5, 5.41) is 13.1. The minimum Gasteiger partial charge on any atom is -0.339 e. The van der Waals surface area contributed by atoms with Crippen LogP contribution >= 0.6 is 0 Å². The highest BCUT2D eigenvalue weighted by atomic mass is 19.1. The van der Waals surface area contributed by atoms with Crippen LogP contribution < -0.4 is 5.32 Å². The zero-order valence-electron chi connectivity index (χ0n) is 16.9. The summed E-state index contributed by atoms with van der Waals surface area (Å²) >= 11 is 0. The molecule has 1 aliphatic rings. The van der Waals surface area contributed by atoms with Crippen LogP contribution in [0.2, 0.25) is 0 Å². The fourth-order valence-electron chi connectivity index (χ4n) is 4.09. The fourth-order valence-corrected chi connectivity index (χ4v) is 4.09. The van der Waals surface area contributed by atoms with Crippen molar-refractivity contribution in [2.75, 3.05) is 19.6 Å². The van der Waals surface area contributed by atoms with Gasteiger partial charge in [0.05, 0.1) is 6.07 Å². The Labute approximate surface area is 172 Å². The molecular formula is C24H28FN3O. The Hall–Kier alpha value is -2.71.